The molecular weight excluding hydrogens is 232 g/mol. The summed E-state index contributed by atoms with van der Waals surface area (Å²) in [6.07, 6.45) is 1.10. The monoisotopic (exact) mass is 238 g/mol. The van der Waals surface area contributed by atoms with E-state index in [1.165, 1.54) is 19.2 Å². The van der Waals surface area contributed by atoms with Crippen molar-refractivity contribution in [2.45, 2.75) is 0 Å². The summed E-state index contributed by atoms with van der Waals surface area (Å²) in [4.78, 5) is 10.1. The second-order valence-corrected chi connectivity index (χ2v) is 3.17. The number of nitriles is 1. The maximum absolute atomic E-state index is 10.7. The van der Waals surface area contributed by atoms with E-state index >= 15 is 0 Å². The summed E-state index contributed by atoms with van der Waals surface area (Å²) in [5.74, 6) is 0.148. The lowest BCUT2D eigenvalue weighted by atomic mass is 10.1. The fraction of sp³-hybridized carbons (Fsp3) is 0.100. The van der Waals surface area contributed by atoms with E-state index in [0.717, 1.165) is 6.08 Å². The van der Waals surface area contributed by atoms with Gasteiger partial charge in [0.1, 0.15) is 0 Å². The zero-order chi connectivity index (χ0) is 12.1. The SMILES string of the molecule is COc1ccc(/C(Cl)=C/C#N)cc1[N+](=O)[O-]. The molecule has 16 heavy (non-hydrogen) atoms. The number of allylic oxidation sites excluding steroid dienone is 1. The first-order valence-electron chi connectivity index (χ1n) is 4.18. The highest BCUT2D eigenvalue weighted by Crippen LogP contribution is 2.31. The Morgan fingerprint density at radius 2 is 2.38 bits per heavy atom. The Morgan fingerprint density at radius 3 is 2.88 bits per heavy atom. The van der Waals surface area contributed by atoms with Gasteiger partial charge in [-0.2, -0.15) is 5.26 Å². The molecule has 1 rings (SSSR count). The molecule has 0 radical (unpaired) electrons. The Balaban J connectivity index is 3.28. The highest BCUT2D eigenvalue weighted by atomic mass is 35.5. The average molecular weight is 239 g/mol. The Kier molecular flexibility index (Phi) is 3.86. The normalized spacial score (nSPS) is 10.7. The van der Waals surface area contributed by atoms with Crippen LogP contribution in [0.4, 0.5) is 5.69 Å². The lowest BCUT2D eigenvalue weighted by molar-refractivity contribution is -0.385. The Bertz CT molecular complexity index is 491. The summed E-state index contributed by atoms with van der Waals surface area (Å²) < 4.78 is 4.83. The molecular formula is C10H7ClN2O3. The van der Waals surface area contributed by atoms with Gasteiger partial charge in [-0.05, 0) is 12.1 Å². The zero-order valence-corrected chi connectivity index (χ0v) is 9.06. The summed E-state index contributed by atoms with van der Waals surface area (Å²) in [6.45, 7) is 0. The van der Waals surface area contributed by atoms with Gasteiger partial charge in [-0.15, -0.1) is 0 Å². The van der Waals surface area contributed by atoms with E-state index in [4.69, 9.17) is 21.6 Å². The third kappa shape index (κ3) is 2.49. The first kappa shape index (κ1) is 12.0. The number of rotatable bonds is 3. The minimum absolute atomic E-state index is 0.147. The number of benzene rings is 1. The smallest absolute Gasteiger partial charge is 0.311 e. The van der Waals surface area contributed by atoms with Crippen LogP contribution in [-0.4, -0.2) is 12.0 Å². The van der Waals surface area contributed by atoms with Crippen molar-refractivity contribution in [3.63, 3.8) is 0 Å². The highest BCUT2D eigenvalue weighted by molar-refractivity contribution is 6.49. The lowest BCUT2D eigenvalue weighted by Crippen LogP contribution is -1.94. The fourth-order valence-corrected chi connectivity index (χ4v) is 1.29. The van der Waals surface area contributed by atoms with Gasteiger partial charge < -0.3 is 4.74 Å². The van der Waals surface area contributed by atoms with Crippen LogP contribution in [0.1, 0.15) is 5.56 Å². The van der Waals surface area contributed by atoms with E-state index in [-0.39, 0.29) is 16.5 Å². The molecule has 0 amide bonds. The second kappa shape index (κ2) is 5.14. The van der Waals surface area contributed by atoms with Crippen molar-refractivity contribution in [3.05, 3.63) is 40.0 Å². The maximum atomic E-state index is 10.7. The van der Waals surface area contributed by atoms with E-state index in [1.54, 1.807) is 12.1 Å². The van der Waals surface area contributed by atoms with Crippen LogP contribution in [-0.2, 0) is 0 Å². The van der Waals surface area contributed by atoms with Gasteiger partial charge in [-0.3, -0.25) is 10.1 Å². The molecule has 0 saturated heterocycles. The molecule has 82 valence electrons. The van der Waals surface area contributed by atoms with Gasteiger partial charge in [0.2, 0.25) is 0 Å². The van der Waals surface area contributed by atoms with Crippen LogP contribution >= 0.6 is 11.6 Å². The van der Waals surface area contributed by atoms with Crippen LogP contribution in [0, 0.1) is 21.4 Å². The quantitative estimate of drug-likeness (QED) is 0.461. The number of nitro groups is 1. The molecule has 1 aromatic carbocycles. The minimum atomic E-state index is -0.571. The first-order valence-corrected chi connectivity index (χ1v) is 4.56. The van der Waals surface area contributed by atoms with Crippen molar-refractivity contribution in [1.82, 2.24) is 0 Å². The summed E-state index contributed by atoms with van der Waals surface area (Å²) >= 11 is 5.75. The van der Waals surface area contributed by atoms with Crippen molar-refractivity contribution >= 4 is 22.3 Å². The highest BCUT2D eigenvalue weighted by Gasteiger charge is 2.15. The predicted molar refractivity (Wildman–Crippen MR) is 59.1 cm³/mol. The van der Waals surface area contributed by atoms with E-state index < -0.39 is 4.92 Å². The Morgan fingerprint density at radius 1 is 1.69 bits per heavy atom. The molecule has 0 aromatic heterocycles. The van der Waals surface area contributed by atoms with Crippen molar-refractivity contribution in [3.8, 4) is 11.8 Å². The van der Waals surface area contributed by atoms with E-state index in [1.807, 2.05) is 0 Å². The molecule has 0 unspecified atom stereocenters. The van der Waals surface area contributed by atoms with E-state index in [2.05, 4.69) is 0 Å². The van der Waals surface area contributed by atoms with Gasteiger partial charge in [0, 0.05) is 17.7 Å². The van der Waals surface area contributed by atoms with Crippen molar-refractivity contribution < 1.29 is 9.66 Å². The number of hydrogen-bond donors (Lipinski definition) is 0. The molecule has 0 atom stereocenters. The number of nitro benzene ring substituents is 1. The zero-order valence-electron chi connectivity index (χ0n) is 8.31. The van der Waals surface area contributed by atoms with Crippen LogP contribution in [0.2, 0.25) is 0 Å². The standard InChI is InChI=1S/C10H7ClN2O3/c1-16-10-3-2-7(8(11)4-5-12)6-9(10)13(14)15/h2-4,6H,1H3/b8-4-. The summed E-state index contributed by atoms with van der Waals surface area (Å²) in [7, 11) is 1.34. The summed E-state index contributed by atoms with van der Waals surface area (Å²) in [5, 5.41) is 19.3. The van der Waals surface area contributed by atoms with Crippen LogP contribution in [0.5, 0.6) is 5.75 Å². The number of ether oxygens (including phenoxy) is 1. The molecule has 0 aliphatic carbocycles. The predicted octanol–water partition coefficient (Wildman–Crippen LogP) is 2.71. The van der Waals surface area contributed by atoms with Gasteiger partial charge in [-0.1, -0.05) is 11.6 Å². The number of halogens is 1. The Labute approximate surface area is 96.7 Å². The molecule has 0 fully saturated rings. The average Bonchev–Trinajstić information content (AvgIpc) is 2.28. The molecule has 0 saturated carbocycles. The van der Waals surface area contributed by atoms with Crippen molar-refractivity contribution in [2.75, 3.05) is 7.11 Å². The summed E-state index contributed by atoms with van der Waals surface area (Å²) in [6, 6.07) is 5.98. The molecule has 0 aliphatic rings. The van der Waals surface area contributed by atoms with Crippen molar-refractivity contribution in [1.29, 1.82) is 5.26 Å². The molecule has 1 aromatic rings. The molecule has 0 spiro atoms. The molecule has 6 heteroatoms. The number of methoxy groups -OCH3 is 1. The molecule has 0 aliphatic heterocycles. The molecule has 0 N–H and O–H groups in total. The summed E-state index contributed by atoms with van der Waals surface area (Å²) in [5.41, 5.74) is 0.209. The van der Waals surface area contributed by atoms with E-state index in [9.17, 15) is 10.1 Å². The van der Waals surface area contributed by atoms with Gasteiger partial charge in [-0.25, -0.2) is 0 Å². The Hall–Kier alpha value is -2.06. The number of hydrogen-bond acceptors (Lipinski definition) is 4. The van der Waals surface area contributed by atoms with Crippen LogP contribution in [0.15, 0.2) is 24.3 Å². The van der Waals surface area contributed by atoms with E-state index in [0.29, 0.717) is 5.56 Å². The van der Waals surface area contributed by atoms with Gasteiger partial charge in [0.25, 0.3) is 0 Å². The maximum Gasteiger partial charge on any atom is 0.311 e. The fourth-order valence-electron chi connectivity index (χ4n) is 1.12. The minimum Gasteiger partial charge on any atom is -0.490 e. The van der Waals surface area contributed by atoms with Crippen LogP contribution in [0.25, 0.3) is 5.03 Å². The lowest BCUT2D eigenvalue weighted by Gasteiger charge is -2.03. The third-order valence-electron chi connectivity index (χ3n) is 1.84. The van der Waals surface area contributed by atoms with Crippen molar-refractivity contribution in [2.24, 2.45) is 0 Å². The van der Waals surface area contributed by atoms with Gasteiger partial charge >= 0.3 is 5.69 Å². The van der Waals surface area contributed by atoms with Gasteiger partial charge in [0.05, 0.1) is 23.1 Å². The largest absolute Gasteiger partial charge is 0.490 e. The molecule has 0 bridgehead atoms. The topological polar surface area (TPSA) is 76.2 Å². The first-order chi connectivity index (χ1) is 7.60. The third-order valence-corrected chi connectivity index (χ3v) is 2.17. The number of nitrogens with zero attached hydrogens (tertiary/aromatic N) is 2. The van der Waals surface area contributed by atoms with Crippen LogP contribution in [0.3, 0.4) is 0 Å². The second-order valence-electron chi connectivity index (χ2n) is 2.77. The molecule has 5 nitrogen and oxygen atoms in total. The van der Waals surface area contributed by atoms with Gasteiger partial charge in [0.15, 0.2) is 5.75 Å². The van der Waals surface area contributed by atoms with Crippen LogP contribution < -0.4 is 4.74 Å². The molecule has 0 heterocycles.